The second kappa shape index (κ2) is 11.8. The average molecular weight is 572 g/mol. The molecule has 6 rings (SSSR count). The predicted octanol–water partition coefficient (Wildman–Crippen LogP) is 4.77. The summed E-state index contributed by atoms with van der Waals surface area (Å²) in [7, 11) is 1.65. The van der Waals surface area contributed by atoms with Crippen LogP contribution in [0.25, 0.3) is 21.9 Å². The Hall–Kier alpha value is -4.12. The molecule has 0 saturated carbocycles. The van der Waals surface area contributed by atoms with Gasteiger partial charge in [-0.05, 0) is 42.1 Å². The monoisotopic (exact) mass is 571 g/mol. The quantitative estimate of drug-likeness (QED) is 0.250. The van der Waals surface area contributed by atoms with Gasteiger partial charge in [-0.1, -0.05) is 35.9 Å². The standard InChI is InChI=1S/C30H30ClN7O3/c1-19(35-29-28-30(33-17-32-29)38(18-34-28)15-20-6-8-22(40-2)9-7-20)24-14-21-4-3-5-23(31)26(21)27(36-24)25(39)16-37-10-12-41-13-11-37/h3-9,14,17-19H,10-13,15-16H2,1-2H3,(H,32,33,35)/t19-/m0/s1. The van der Waals surface area contributed by atoms with E-state index in [1.54, 1.807) is 19.5 Å². The van der Waals surface area contributed by atoms with E-state index < -0.39 is 0 Å². The van der Waals surface area contributed by atoms with E-state index in [9.17, 15) is 4.79 Å². The first kappa shape index (κ1) is 27.1. The lowest BCUT2D eigenvalue weighted by Gasteiger charge is -2.26. The second-order valence-corrected chi connectivity index (χ2v) is 10.4. The van der Waals surface area contributed by atoms with Gasteiger partial charge in [0.25, 0.3) is 0 Å². The molecular formula is C30H30ClN7O3. The molecule has 1 aliphatic rings. The van der Waals surface area contributed by atoms with E-state index in [-0.39, 0.29) is 18.4 Å². The molecule has 0 radical (unpaired) electrons. The number of carbonyl (C=O) groups is 1. The first-order valence-electron chi connectivity index (χ1n) is 13.5. The number of imidazole rings is 1. The Bertz CT molecular complexity index is 1700. The molecule has 4 heterocycles. The molecule has 1 aliphatic heterocycles. The van der Waals surface area contributed by atoms with Gasteiger partial charge < -0.3 is 19.4 Å². The molecule has 0 bridgehead atoms. The SMILES string of the molecule is COc1ccc(Cn2cnc3c(N[C@@H](C)c4cc5cccc(Cl)c5c(C(=O)CN5CCOCC5)n4)ncnc32)cc1. The molecule has 11 heteroatoms. The number of carbonyl (C=O) groups excluding carboxylic acids is 1. The molecule has 1 N–H and O–H groups in total. The average Bonchev–Trinajstić information content (AvgIpc) is 3.41. The van der Waals surface area contributed by atoms with Gasteiger partial charge in [0.2, 0.25) is 0 Å². The van der Waals surface area contributed by atoms with Crippen LogP contribution in [0.1, 0.15) is 34.7 Å². The topological polar surface area (TPSA) is 107 Å². The number of Topliss-reactive ketones (excluding diaryl/α,β-unsaturated/α-hetero) is 1. The molecule has 0 amide bonds. The zero-order valence-corrected chi connectivity index (χ0v) is 23.6. The van der Waals surface area contributed by atoms with Crippen molar-refractivity contribution in [1.82, 2.24) is 29.4 Å². The van der Waals surface area contributed by atoms with Crippen LogP contribution in [0.15, 0.2) is 61.2 Å². The molecule has 41 heavy (non-hydrogen) atoms. The number of benzene rings is 2. The molecule has 1 saturated heterocycles. The third-order valence-electron chi connectivity index (χ3n) is 7.27. The van der Waals surface area contributed by atoms with E-state index in [0.717, 1.165) is 16.7 Å². The number of fused-ring (bicyclic) bond motifs is 2. The summed E-state index contributed by atoms with van der Waals surface area (Å²) in [5.41, 5.74) is 3.54. The second-order valence-electron chi connectivity index (χ2n) is 10.0. The summed E-state index contributed by atoms with van der Waals surface area (Å²) in [6.45, 7) is 5.51. The number of methoxy groups -OCH3 is 1. The van der Waals surface area contributed by atoms with Gasteiger partial charge in [-0.15, -0.1) is 0 Å². The van der Waals surface area contributed by atoms with Crippen molar-refractivity contribution in [1.29, 1.82) is 0 Å². The van der Waals surface area contributed by atoms with E-state index in [0.29, 0.717) is 71.6 Å². The van der Waals surface area contributed by atoms with Crippen LogP contribution in [-0.2, 0) is 11.3 Å². The Labute approximate surface area is 242 Å². The van der Waals surface area contributed by atoms with Crippen LogP contribution in [0.2, 0.25) is 5.02 Å². The molecular weight excluding hydrogens is 542 g/mol. The van der Waals surface area contributed by atoms with Gasteiger partial charge in [0.1, 0.15) is 23.3 Å². The lowest BCUT2D eigenvalue weighted by atomic mass is 10.0. The number of ketones is 1. The van der Waals surface area contributed by atoms with E-state index in [1.807, 2.05) is 54.0 Å². The molecule has 0 aliphatic carbocycles. The predicted molar refractivity (Wildman–Crippen MR) is 158 cm³/mol. The van der Waals surface area contributed by atoms with Gasteiger partial charge in [-0.3, -0.25) is 9.69 Å². The Morgan fingerprint density at radius 2 is 1.93 bits per heavy atom. The lowest BCUT2D eigenvalue weighted by Crippen LogP contribution is -2.39. The minimum atomic E-state index is -0.279. The van der Waals surface area contributed by atoms with E-state index >= 15 is 0 Å². The molecule has 1 fully saturated rings. The van der Waals surface area contributed by atoms with Gasteiger partial charge in [-0.2, -0.15) is 0 Å². The maximum Gasteiger partial charge on any atom is 0.195 e. The van der Waals surface area contributed by atoms with Crippen molar-refractivity contribution in [3.05, 3.63) is 83.2 Å². The Balaban J connectivity index is 1.28. The highest BCUT2D eigenvalue weighted by molar-refractivity contribution is 6.36. The molecule has 5 aromatic rings. The smallest absolute Gasteiger partial charge is 0.195 e. The number of ether oxygens (including phenoxy) is 2. The first-order chi connectivity index (χ1) is 20.0. The molecule has 0 spiro atoms. The molecule has 0 unspecified atom stereocenters. The Morgan fingerprint density at radius 3 is 2.71 bits per heavy atom. The van der Waals surface area contributed by atoms with E-state index in [1.165, 1.54) is 6.33 Å². The maximum atomic E-state index is 13.5. The highest BCUT2D eigenvalue weighted by Crippen LogP contribution is 2.30. The fraction of sp³-hybridized carbons (Fsp3) is 0.300. The highest BCUT2D eigenvalue weighted by atomic mass is 35.5. The summed E-state index contributed by atoms with van der Waals surface area (Å²) in [4.78, 5) is 34.0. The maximum absolute atomic E-state index is 13.5. The minimum absolute atomic E-state index is 0.0687. The van der Waals surface area contributed by atoms with Crippen molar-refractivity contribution in [2.45, 2.75) is 19.5 Å². The third kappa shape index (κ3) is 5.72. The van der Waals surface area contributed by atoms with Crippen LogP contribution in [-0.4, -0.2) is 75.1 Å². The zero-order valence-electron chi connectivity index (χ0n) is 22.9. The molecule has 10 nitrogen and oxygen atoms in total. The largest absolute Gasteiger partial charge is 0.497 e. The summed E-state index contributed by atoms with van der Waals surface area (Å²) in [6.07, 6.45) is 3.28. The van der Waals surface area contributed by atoms with Crippen LogP contribution in [0.4, 0.5) is 5.82 Å². The summed E-state index contributed by atoms with van der Waals surface area (Å²) in [5.74, 6) is 1.33. The Kier molecular flexibility index (Phi) is 7.78. The van der Waals surface area contributed by atoms with Crippen LogP contribution in [0.3, 0.4) is 0 Å². The fourth-order valence-electron chi connectivity index (χ4n) is 5.06. The number of morpholine rings is 1. The van der Waals surface area contributed by atoms with Crippen molar-refractivity contribution >= 4 is 45.1 Å². The number of aromatic nitrogens is 5. The summed E-state index contributed by atoms with van der Waals surface area (Å²) in [5, 5.41) is 5.48. The van der Waals surface area contributed by atoms with Gasteiger partial charge in [-0.25, -0.2) is 19.9 Å². The summed E-state index contributed by atoms with van der Waals surface area (Å²) >= 11 is 6.58. The summed E-state index contributed by atoms with van der Waals surface area (Å²) in [6, 6.07) is 15.2. The highest BCUT2D eigenvalue weighted by Gasteiger charge is 2.22. The molecule has 1 atom stereocenters. The van der Waals surface area contributed by atoms with Crippen molar-refractivity contribution in [2.75, 3.05) is 45.3 Å². The van der Waals surface area contributed by atoms with Crippen molar-refractivity contribution < 1.29 is 14.3 Å². The van der Waals surface area contributed by atoms with Crippen LogP contribution >= 0.6 is 11.6 Å². The van der Waals surface area contributed by atoms with Gasteiger partial charge in [0, 0.05) is 18.5 Å². The van der Waals surface area contributed by atoms with Crippen LogP contribution in [0.5, 0.6) is 5.75 Å². The molecule has 3 aromatic heterocycles. The molecule has 2 aromatic carbocycles. The zero-order chi connectivity index (χ0) is 28.3. The van der Waals surface area contributed by atoms with Crippen molar-refractivity contribution in [3.8, 4) is 5.75 Å². The summed E-state index contributed by atoms with van der Waals surface area (Å²) < 4.78 is 12.7. The molecule has 210 valence electrons. The number of halogens is 1. The van der Waals surface area contributed by atoms with E-state index in [4.69, 9.17) is 26.1 Å². The third-order valence-corrected chi connectivity index (χ3v) is 7.59. The van der Waals surface area contributed by atoms with Crippen molar-refractivity contribution in [2.24, 2.45) is 0 Å². The van der Waals surface area contributed by atoms with Crippen molar-refractivity contribution in [3.63, 3.8) is 0 Å². The van der Waals surface area contributed by atoms with Gasteiger partial charge in [0.05, 0.1) is 56.5 Å². The van der Waals surface area contributed by atoms with Gasteiger partial charge >= 0.3 is 0 Å². The fourth-order valence-corrected chi connectivity index (χ4v) is 5.33. The number of rotatable bonds is 9. The number of anilines is 1. The minimum Gasteiger partial charge on any atom is -0.497 e. The lowest BCUT2D eigenvalue weighted by molar-refractivity contribution is 0.0370. The number of nitrogens with one attached hydrogen (secondary N) is 1. The van der Waals surface area contributed by atoms with Crippen LogP contribution < -0.4 is 10.1 Å². The number of hydrogen-bond acceptors (Lipinski definition) is 9. The van der Waals surface area contributed by atoms with Crippen LogP contribution in [0, 0.1) is 0 Å². The number of pyridine rings is 1. The van der Waals surface area contributed by atoms with E-state index in [2.05, 4.69) is 25.2 Å². The number of nitrogens with zero attached hydrogens (tertiary/aromatic N) is 6. The van der Waals surface area contributed by atoms with Gasteiger partial charge in [0.15, 0.2) is 17.2 Å². The first-order valence-corrected chi connectivity index (χ1v) is 13.9. The normalized spacial score (nSPS) is 14.8. The Morgan fingerprint density at radius 1 is 1.12 bits per heavy atom. The number of hydrogen-bond donors (Lipinski definition) is 1.